The quantitative estimate of drug-likeness (QED) is 0.904. The molecule has 2 aromatic rings. The maximum Gasteiger partial charge on any atom is 0.0809 e. The third kappa shape index (κ3) is 2.34. The van der Waals surface area contributed by atoms with Gasteiger partial charge in [-0.15, -0.1) is 11.3 Å². The Kier molecular flexibility index (Phi) is 3.09. The maximum absolute atomic E-state index is 9.13. The molecular formula is C13H16N2OS. The number of rotatable bonds is 3. The maximum atomic E-state index is 9.13. The molecule has 0 aliphatic carbocycles. The molecule has 17 heavy (non-hydrogen) atoms. The Bertz CT molecular complexity index is 511. The van der Waals surface area contributed by atoms with E-state index in [9.17, 15) is 0 Å². The highest BCUT2D eigenvalue weighted by Gasteiger charge is 2.21. The van der Waals surface area contributed by atoms with Gasteiger partial charge in [0.1, 0.15) is 0 Å². The number of hydrogen-bond acceptors (Lipinski definition) is 4. The molecule has 1 fully saturated rings. The molecule has 1 unspecified atom stereocenters. The van der Waals surface area contributed by atoms with Gasteiger partial charge in [0, 0.05) is 25.9 Å². The van der Waals surface area contributed by atoms with Gasteiger partial charge in [-0.25, -0.2) is 0 Å². The molecule has 0 aromatic carbocycles. The average molecular weight is 248 g/mol. The summed E-state index contributed by atoms with van der Waals surface area (Å²) in [5, 5.41) is 11.2. The van der Waals surface area contributed by atoms with E-state index in [0.717, 1.165) is 31.6 Å². The predicted molar refractivity (Wildman–Crippen MR) is 70.1 cm³/mol. The lowest BCUT2D eigenvalue weighted by Gasteiger charge is -2.15. The summed E-state index contributed by atoms with van der Waals surface area (Å²) in [4.78, 5) is 6.86. The minimum atomic E-state index is 0.318. The van der Waals surface area contributed by atoms with E-state index in [1.165, 1.54) is 10.3 Å². The number of hydrogen-bond donors (Lipinski definition) is 1. The summed E-state index contributed by atoms with van der Waals surface area (Å²) in [5.74, 6) is 0.466. The van der Waals surface area contributed by atoms with E-state index in [4.69, 9.17) is 5.11 Å². The van der Waals surface area contributed by atoms with E-state index < -0.39 is 0 Å². The van der Waals surface area contributed by atoms with Crippen LogP contribution in [0.4, 0.5) is 0 Å². The predicted octanol–water partition coefficient (Wildman–Crippen LogP) is 2.11. The molecule has 0 radical (unpaired) electrons. The molecule has 1 atom stereocenters. The number of thiophene rings is 1. The van der Waals surface area contributed by atoms with Crippen molar-refractivity contribution < 1.29 is 5.11 Å². The van der Waals surface area contributed by atoms with Gasteiger partial charge in [0.25, 0.3) is 0 Å². The van der Waals surface area contributed by atoms with Crippen LogP contribution in [0.3, 0.4) is 0 Å². The summed E-state index contributed by atoms with van der Waals surface area (Å²) in [6, 6.07) is 4.29. The van der Waals surface area contributed by atoms with E-state index in [1.807, 2.05) is 6.20 Å². The summed E-state index contributed by atoms with van der Waals surface area (Å²) in [6.07, 6.45) is 3.09. The standard InChI is InChI=1S/C13H16N2OS/c16-9-10-1-3-15(7-10)8-11-5-13-12(14-6-11)2-4-17-13/h2,4-6,10,16H,1,3,7-9H2. The molecule has 0 saturated carbocycles. The number of likely N-dealkylation sites (tertiary alicyclic amines) is 1. The molecule has 3 nitrogen and oxygen atoms in total. The summed E-state index contributed by atoms with van der Waals surface area (Å²) >= 11 is 1.74. The van der Waals surface area contributed by atoms with Crippen molar-refractivity contribution in [2.45, 2.75) is 13.0 Å². The molecule has 2 aromatic heterocycles. The minimum Gasteiger partial charge on any atom is -0.396 e. The molecule has 90 valence electrons. The first kappa shape index (κ1) is 11.1. The molecule has 4 heteroatoms. The summed E-state index contributed by atoms with van der Waals surface area (Å²) in [5.41, 5.74) is 2.37. The Morgan fingerprint density at radius 1 is 1.53 bits per heavy atom. The zero-order valence-electron chi connectivity index (χ0n) is 9.67. The number of aliphatic hydroxyl groups excluding tert-OH is 1. The molecule has 0 bridgehead atoms. The molecule has 0 amide bonds. The zero-order chi connectivity index (χ0) is 11.7. The second kappa shape index (κ2) is 4.72. The molecule has 3 heterocycles. The first-order chi connectivity index (χ1) is 8.35. The third-order valence-electron chi connectivity index (χ3n) is 3.39. The third-order valence-corrected chi connectivity index (χ3v) is 4.25. The van der Waals surface area contributed by atoms with Crippen LogP contribution in [0.2, 0.25) is 0 Å². The Labute approximate surface area is 105 Å². The van der Waals surface area contributed by atoms with Crippen molar-refractivity contribution in [3.8, 4) is 0 Å². The van der Waals surface area contributed by atoms with Gasteiger partial charge in [0.15, 0.2) is 0 Å². The highest BCUT2D eigenvalue weighted by Crippen LogP contribution is 2.22. The Morgan fingerprint density at radius 3 is 3.29 bits per heavy atom. The van der Waals surface area contributed by atoms with Crippen molar-refractivity contribution in [2.24, 2.45) is 5.92 Å². The average Bonchev–Trinajstić information content (AvgIpc) is 2.96. The van der Waals surface area contributed by atoms with Crippen LogP contribution in [0.5, 0.6) is 0 Å². The number of fused-ring (bicyclic) bond motifs is 1. The van der Waals surface area contributed by atoms with Gasteiger partial charge >= 0.3 is 0 Å². The summed E-state index contributed by atoms with van der Waals surface area (Å²) in [6.45, 7) is 3.38. The van der Waals surface area contributed by atoms with Crippen molar-refractivity contribution in [3.05, 3.63) is 29.3 Å². The molecule has 0 spiro atoms. The largest absolute Gasteiger partial charge is 0.396 e. The summed E-state index contributed by atoms with van der Waals surface area (Å²) < 4.78 is 1.26. The van der Waals surface area contributed by atoms with Crippen LogP contribution in [-0.2, 0) is 6.54 Å². The van der Waals surface area contributed by atoms with Gasteiger partial charge in [0.2, 0.25) is 0 Å². The fraction of sp³-hybridized carbons (Fsp3) is 0.462. The SMILES string of the molecule is OCC1CCN(Cc2cnc3ccsc3c2)C1. The van der Waals surface area contributed by atoms with E-state index in [1.54, 1.807) is 11.3 Å². The topological polar surface area (TPSA) is 36.4 Å². The highest BCUT2D eigenvalue weighted by molar-refractivity contribution is 7.17. The summed E-state index contributed by atoms with van der Waals surface area (Å²) in [7, 11) is 0. The number of aromatic nitrogens is 1. The van der Waals surface area contributed by atoms with Crippen LogP contribution in [-0.4, -0.2) is 34.7 Å². The molecule has 1 aliphatic rings. The van der Waals surface area contributed by atoms with Crippen LogP contribution in [0, 0.1) is 5.92 Å². The number of pyridine rings is 1. The highest BCUT2D eigenvalue weighted by atomic mass is 32.1. The van der Waals surface area contributed by atoms with Crippen molar-refractivity contribution >= 4 is 21.6 Å². The lowest BCUT2D eigenvalue weighted by atomic mass is 10.1. The fourth-order valence-corrected chi connectivity index (χ4v) is 3.24. The van der Waals surface area contributed by atoms with E-state index in [0.29, 0.717) is 12.5 Å². The van der Waals surface area contributed by atoms with Gasteiger partial charge in [-0.1, -0.05) is 0 Å². The van der Waals surface area contributed by atoms with Crippen molar-refractivity contribution in [2.75, 3.05) is 19.7 Å². The normalized spacial score (nSPS) is 21.4. The Hall–Kier alpha value is -0.970. The van der Waals surface area contributed by atoms with E-state index in [-0.39, 0.29) is 0 Å². The number of nitrogens with zero attached hydrogens (tertiary/aromatic N) is 2. The Balaban J connectivity index is 1.72. The minimum absolute atomic E-state index is 0.318. The van der Waals surface area contributed by atoms with Crippen molar-refractivity contribution in [1.82, 2.24) is 9.88 Å². The molecule has 1 aliphatic heterocycles. The fourth-order valence-electron chi connectivity index (χ4n) is 2.44. The second-order valence-corrected chi connectivity index (χ2v) is 5.67. The van der Waals surface area contributed by atoms with Gasteiger partial charge in [-0.05, 0) is 42.0 Å². The van der Waals surface area contributed by atoms with E-state index >= 15 is 0 Å². The van der Waals surface area contributed by atoms with Gasteiger partial charge in [-0.3, -0.25) is 9.88 Å². The monoisotopic (exact) mass is 248 g/mol. The van der Waals surface area contributed by atoms with Gasteiger partial charge in [0.05, 0.1) is 10.2 Å². The lowest BCUT2D eigenvalue weighted by Crippen LogP contribution is -2.21. The molecule has 3 rings (SSSR count). The van der Waals surface area contributed by atoms with Gasteiger partial charge < -0.3 is 5.11 Å². The van der Waals surface area contributed by atoms with Crippen molar-refractivity contribution in [3.63, 3.8) is 0 Å². The molecular weight excluding hydrogens is 232 g/mol. The van der Waals surface area contributed by atoms with E-state index in [2.05, 4.69) is 27.4 Å². The van der Waals surface area contributed by atoms with Crippen LogP contribution < -0.4 is 0 Å². The van der Waals surface area contributed by atoms with Crippen LogP contribution in [0.1, 0.15) is 12.0 Å². The zero-order valence-corrected chi connectivity index (χ0v) is 10.5. The van der Waals surface area contributed by atoms with Crippen LogP contribution in [0.15, 0.2) is 23.7 Å². The smallest absolute Gasteiger partial charge is 0.0809 e. The first-order valence-electron chi connectivity index (χ1n) is 6.00. The Morgan fingerprint density at radius 2 is 2.47 bits per heavy atom. The van der Waals surface area contributed by atoms with Crippen LogP contribution >= 0.6 is 11.3 Å². The second-order valence-electron chi connectivity index (χ2n) is 4.72. The number of aliphatic hydroxyl groups is 1. The van der Waals surface area contributed by atoms with Gasteiger partial charge in [-0.2, -0.15) is 0 Å². The molecule has 1 N–H and O–H groups in total. The lowest BCUT2D eigenvalue weighted by molar-refractivity contribution is 0.220. The molecule has 1 saturated heterocycles. The van der Waals surface area contributed by atoms with Crippen molar-refractivity contribution in [1.29, 1.82) is 0 Å². The van der Waals surface area contributed by atoms with Crippen LogP contribution in [0.25, 0.3) is 10.2 Å². The first-order valence-corrected chi connectivity index (χ1v) is 6.88.